The van der Waals surface area contributed by atoms with Crippen molar-refractivity contribution in [1.29, 1.82) is 0 Å². The third-order valence-corrected chi connectivity index (χ3v) is 5.24. The van der Waals surface area contributed by atoms with Gasteiger partial charge >= 0.3 is 0 Å². The molecule has 126 valence electrons. The van der Waals surface area contributed by atoms with Crippen molar-refractivity contribution in [3.63, 3.8) is 0 Å². The van der Waals surface area contributed by atoms with Gasteiger partial charge in [-0.05, 0) is 42.5 Å². The van der Waals surface area contributed by atoms with Gasteiger partial charge in [-0.25, -0.2) is 0 Å². The average molecular weight is 387 g/mol. The molecule has 4 heteroatoms. The molecule has 3 atom stereocenters. The number of nitrogens with two attached hydrogens (primary N) is 1. The monoisotopic (exact) mass is 386 g/mol. The molecule has 3 N–H and O–H groups in total. The lowest BCUT2D eigenvalue weighted by Gasteiger charge is -2.28. The van der Waals surface area contributed by atoms with Gasteiger partial charge in [0.15, 0.2) is 0 Å². The summed E-state index contributed by atoms with van der Waals surface area (Å²) in [5, 5.41) is 3.25. The largest absolute Gasteiger partial charge is 0.345 e. The molecule has 0 heterocycles. The van der Waals surface area contributed by atoms with Crippen LogP contribution in [-0.4, -0.2) is 11.9 Å². The second-order valence-electron chi connectivity index (χ2n) is 6.53. The van der Waals surface area contributed by atoms with Gasteiger partial charge in [-0.1, -0.05) is 64.8 Å². The van der Waals surface area contributed by atoms with Crippen LogP contribution in [0.3, 0.4) is 0 Å². The molecule has 2 aromatic carbocycles. The minimum atomic E-state index is -0.134. The van der Waals surface area contributed by atoms with E-state index in [1.165, 1.54) is 0 Å². The molecular formula is C20H23BrN2O. The third kappa shape index (κ3) is 4.25. The van der Waals surface area contributed by atoms with E-state index in [0.29, 0.717) is 0 Å². The molecule has 1 saturated carbocycles. The predicted octanol–water partition coefficient (Wildman–Crippen LogP) is 4.17. The van der Waals surface area contributed by atoms with E-state index in [0.717, 1.165) is 41.3 Å². The first-order chi connectivity index (χ1) is 11.6. The predicted molar refractivity (Wildman–Crippen MR) is 101 cm³/mol. The third-order valence-electron chi connectivity index (χ3n) is 4.71. The van der Waals surface area contributed by atoms with Gasteiger partial charge in [0.05, 0.1) is 6.04 Å². The standard InChI is InChI=1S/C20H23BrN2O/c21-17-11-9-15(10-12-17)19(14-5-2-1-3-6-14)23-20(24)16-7-4-8-18(22)13-16/h1-3,5-6,9-12,16,18-19H,4,7-8,13,22H2,(H,23,24). The number of rotatable bonds is 4. The highest BCUT2D eigenvalue weighted by atomic mass is 79.9. The van der Waals surface area contributed by atoms with Crippen LogP contribution in [0.2, 0.25) is 0 Å². The molecule has 1 fully saturated rings. The Balaban J connectivity index is 1.82. The SMILES string of the molecule is NC1CCCC(C(=O)NC(c2ccccc2)c2ccc(Br)cc2)C1. The maximum atomic E-state index is 12.8. The summed E-state index contributed by atoms with van der Waals surface area (Å²) in [6.07, 6.45) is 3.78. The topological polar surface area (TPSA) is 55.1 Å². The van der Waals surface area contributed by atoms with Crippen LogP contribution in [-0.2, 0) is 4.79 Å². The Kier molecular flexibility index (Phi) is 5.69. The van der Waals surface area contributed by atoms with Crippen LogP contribution in [0.1, 0.15) is 42.9 Å². The summed E-state index contributed by atoms with van der Waals surface area (Å²) >= 11 is 3.47. The second-order valence-corrected chi connectivity index (χ2v) is 7.44. The van der Waals surface area contributed by atoms with Crippen LogP contribution in [0.5, 0.6) is 0 Å². The van der Waals surface area contributed by atoms with Gasteiger partial charge in [0.2, 0.25) is 5.91 Å². The van der Waals surface area contributed by atoms with Crippen molar-refractivity contribution in [3.8, 4) is 0 Å². The maximum absolute atomic E-state index is 12.8. The van der Waals surface area contributed by atoms with E-state index >= 15 is 0 Å². The van der Waals surface area contributed by atoms with Gasteiger partial charge in [-0.3, -0.25) is 4.79 Å². The normalized spacial score (nSPS) is 21.9. The average Bonchev–Trinajstić information content (AvgIpc) is 2.61. The molecule has 0 saturated heterocycles. The molecule has 0 bridgehead atoms. The van der Waals surface area contributed by atoms with Crippen molar-refractivity contribution < 1.29 is 4.79 Å². The maximum Gasteiger partial charge on any atom is 0.223 e. The lowest BCUT2D eigenvalue weighted by molar-refractivity contribution is -0.126. The minimum absolute atomic E-state index is 0.0235. The van der Waals surface area contributed by atoms with Crippen molar-refractivity contribution in [3.05, 3.63) is 70.2 Å². The zero-order valence-corrected chi connectivity index (χ0v) is 15.2. The molecular weight excluding hydrogens is 364 g/mol. The zero-order chi connectivity index (χ0) is 16.9. The van der Waals surface area contributed by atoms with Crippen molar-refractivity contribution >= 4 is 21.8 Å². The summed E-state index contributed by atoms with van der Waals surface area (Å²) in [5.41, 5.74) is 8.22. The number of hydrogen-bond donors (Lipinski definition) is 2. The molecule has 0 radical (unpaired) electrons. The molecule has 1 aliphatic carbocycles. The van der Waals surface area contributed by atoms with Crippen molar-refractivity contribution in [2.75, 3.05) is 0 Å². The van der Waals surface area contributed by atoms with Gasteiger partial charge in [0, 0.05) is 16.4 Å². The molecule has 0 aromatic heterocycles. The summed E-state index contributed by atoms with van der Waals surface area (Å²) in [4.78, 5) is 12.8. The lowest BCUT2D eigenvalue weighted by atomic mass is 9.85. The van der Waals surface area contributed by atoms with Crippen LogP contribution in [0.4, 0.5) is 0 Å². The first-order valence-electron chi connectivity index (χ1n) is 8.50. The van der Waals surface area contributed by atoms with Crippen LogP contribution >= 0.6 is 15.9 Å². The molecule has 24 heavy (non-hydrogen) atoms. The fraction of sp³-hybridized carbons (Fsp3) is 0.350. The van der Waals surface area contributed by atoms with E-state index < -0.39 is 0 Å². The summed E-state index contributed by atoms with van der Waals surface area (Å²) in [7, 11) is 0. The van der Waals surface area contributed by atoms with Crippen molar-refractivity contribution in [2.24, 2.45) is 11.7 Å². The molecule has 2 aromatic rings. The quantitative estimate of drug-likeness (QED) is 0.827. The molecule has 1 aliphatic rings. The number of carbonyl (C=O) groups excluding carboxylic acids is 1. The second kappa shape index (κ2) is 7.95. The number of benzene rings is 2. The molecule has 3 nitrogen and oxygen atoms in total. The lowest BCUT2D eigenvalue weighted by Crippen LogP contribution is -2.39. The Morgan fingerprint density at radius 3 is 2.38 bits per heavy atom. The Bertz CT molecular complexity index is 672. The summed E-state index contributed by atoms with van der Waals surface area (Å²) in [6.45, 7) is 0. The summed E-state index contributed by atoms with van der Waals surface area (Å²) in [6, 6.07) is 18.2. The number of halogens is 1. The highest BCUT2D eigenvalue weighted by molar-refractivity contribution is 9.10. The zero-order valence-electron chi connectivity index (χ0n) is 13.6. The van der Waals surface area contributed by atoms with Gasteiger partial charge in [0.1, 0.15) is 0 Å². The van der Waals surface area contributed by atoms with Gasteiger partial charge in [-0.2, -0.15) is 0 Å². The van der Waals surface area contributed by atoms with Crippen LogP contribution in [0.25, 0.3) is 0 Å². The fourth-order valence-electron chi connectivity index (χ4n) is 3.39. The highest BCUT2D eigenvalue weighted by Crippen LogP contribution is 2.27. The van der Waals surface area contributed by atoms with Crippen LogP contribution in [0.15, 0.2) is 59.1 Å². The fourth-order valence-corrected chi connectivity index (χ4v) is 3.65. The van der Waals surface area contributed by atoms with Crippen molar-refractivity contribution in [1.82, 2.24) is 5.32 Å². The first kappa shape index (κ1) is 17.2. The summed E-state index contributed by atoms with van der Waals surface area (Å²) in [5.74, 6) is 0.136. The molecule has 0 spiro atoms. The highest BCUT2D eigenvalue weighted by Gasteiger charge is 2.27. The Morgan fingerprint density at radius 1 is 1.04 bits per heavy atom. The van der Waals surface area contributed by atoms with E-state index in [1.54, 1.807) is 0 Å². The smallest absolute Gasteiger partial charge is 0.223 e. The first-order valence-corrected chi connectivity index (χ1v) is 9.29. The van der Waals surface area contributed by atoms with Crippen LogP contribution < -0.4 is 11.1 Å². The van der Waals surface area contributed by atoms with E-state index in [4.69, 9.17) is 5.73 Å². The van der Waals surface area contributed by atoms with E-state index in [1.807, 2.05) is 30.3 Å². The Labute approximate surface area is 151 Å². The minimum Gasteiger partial charge on any atom is -0.345 e. The number of carbonyl (C=O) groups is 1. The Morgan fingerprint density at radius 2 is 1.71 bits per heavy atom. The van der Waals surface area contributed by atoms with Gasteiger partial charge in [0.25, 0.3) is 0 Å². The van der Waals surface area contributed by atoms with Gasteiger partial charge < -0.3 is 11.1 Å². The van der Waals surface area contributed by atoms with E-state index in [-0.39, 0.29) is 23.9 Å². The van der Waals surface area contributed by atoms with Crippen LogP contribution in [0, 0.1) is 5.92 Å². The molecule has 3 unspecified atom stereocenters. The number of hydrogen-bond acceptors (Lipinski definition) is 2. The molecule has 3 rings (SSSR count). The number of amides is 1. The van der Waals surface area contributed by atoms with E-state index in [9.17, 15) is 4.79 Å². The Hall–Kier alpha value is -1.65. The molecule has 0 aliphatic heterocycles. The molecule has 1 amide bonds. The number of nitrogens with one attached hydrogen (secondary N) is 1. The van der Waals surface area contributed by atoms with E-state index in [2.05, 4.69) is 45.5 Å². The summed E-state index contributed by atoms with van der Waals surface area (Å²) < 4.78 is 1.03. The van der Waals surface area contributed by atoms with Crippen molar-refractivity contribution in [2.45, 2.75) is 37.8 Å². The van der Waals surface area contributed by atoms with Gasteiger partial charge in [-0.15, -0.1) is 0 Å².